The van der Waals surface area contributed by atoms with Crippen molar-refractivity contribution in [1.29, 1.82) is 0 Å². The Morgan fingerprint density at radius 2 is 2.28 bits per heavy atom. The summed E-state index contributed by atoms with van der Waals surface area (Å²) < 4.78 is 6.83. The first-order chi connectivity index (χ1) is 8.49. The second-order valence-electron chi connectivity index (χ2n) is 4.70. The van der Waals surface area contributed by atoms with Crippen LogP contribution in [0.15, 0.2) is 12.4 Å². The molecule has 102 valence electrons. The number of carbonyl (C=O) groups is 1. The van der Waals surface area contributed by atoms with E-state index in [0.29, 0.717) is 18.1 Å². The van der Waals surface area contributed by atoms with E-state index in [4.69, 9.17) is 4.74 Å². The molecule has 0 saturated carbocycles. The number of aromatic nitrogens is 2. The Bertz CT molecular complexity index is 376. The van der Waals surface area contributed by atoms with Crippen LogP contribution in [0.2, 0.25) is 0 Å². The van der Waals surface area contributed by atoms with Crippen molar-refractivity contribution >= 4 is 5.91 Å². The van der Waals surface area contributed by atoms with Gasteiger partial charge in [0.15, 0.2) is 0 Å². The molecule has 1 aromatic rings. The highest BCUT2D eigenvalue weighted by molar-refractivity contribution is 5.93. The van der Waals surface area contributed by atoms with Gasteiger partial charge in [-0.2, -0.15) is 5.10 Å². The highest BCUT2D eigenvalue weighted by Gasteiger charge is 2.10. The molecule has 0 aromatic carbocycles. The van der Waals surface area contributed by atoms with Crippen LogP contribution in [0.3, 0.4) is 0 Å². The minimum absolute atomic E-state index is 0.172. The van der Waals surface area contributed by atoms with E-state index in [-0.39, 0.29) is 19.1 Å². The van der Waals surface area contributed by atoms with Crippen molar-refractivity contribution in [1.82, 2.24) is 15.1 Å². The number of nitrogens with zero attached hydrogens (tertiary/aromatic N) is 2. The van der Waals surface area contributed by atoms with E-state index in [2.05, 4.69) is 10.4 Å². The van der Waals surface area contributed by atoms with Gasteiger partial charge in [-0.15, -0.1) is 0 Å². The molecular weight excluding hydrogens is 234 g/mol. The molecule has 0 spiro atoms. The number of amides is 1. The first-order valence-electron chi connectivity index (χ1n) is 6.01. The van der Waals surface area contributed by atoms with Gasteiger partial charge in [-0.1, -0.05) is 13.8 Å². The van der Waals surface area contributed by atoms with Crippen LogP contribution in [0.4, 0.5) is 0 Å². The molecule has 2 N–H and O–H groups in total. The molecule has 0 fully saturated rings. The summed E-state index contributed by atoms with van der Waals surface area (Å²) >= 11 is 0. The predicted octanol–water partition coefficient (Wildman–Crippen LogP) is 0.183. The smallest absolute Gasteiger partial charge is 0.254 e. The zero-order valence-corrected chi connectivity index (χ0v) is 11.1. The normalized spacial score (nSPS) is 12.7. The summed E-state index contributed by atoms with van der Waals surface area (Å²) in [7, 11) is 1.74. The number of rotatable bonds is 7. The van der Waals surface area contributed by atoms with Crippen molar-refractivity contribution in [3.8, 4) is 0 Å². The Labute approximate surface area is 107 Å². The van der Waals surface area contributed by atoms with E-state index in [9.17, 15) is 9.90 Å². The summed E-state index contributed by atoms with van der Waals surface area (Å²) in [5.41, 5.74) is 0.479. The number of carbonyl (C=O) groups excluding carboxylic acids is 1. The Hall–Kier alpha value is -1.40. The molecule has 6 heteroatoms. The number of aliphatic hydroxyl groups excluding tert-OH is 1. The molecular formula is C12H21N3O3. The fourth-order valence-electron chi connectivity index (χ4n) is 1.35. The molecule has 1 aromatic heterocycles. The number of aliphatic hydroxyl groups is 1. The summed E-state index contributed by atoms with van der Waals surface area (Å²) in [4.78, 5) is 11.6. The zero-order chi connectivity index (χ0) is 13.5. The fraction of sp³-hybridized carbons (Fsp3) is 0.667. The lowest BCUT2D eigenvalue weighted by molar-refractivity contribution is 0.0259. The van der Waals surface area contributed by atoms with Crippen LogP contribution >= 0.6 is 0 Å². The van der Waals surface area contributed by atoms with Gasteiger partial charge in [-0.25, -0.2) is 0 Å². The number of ether oxygens (including phenoxy) is 1. The second-order valence-corrected chi connectivity index (χ2v) is 4.70. The van der Waals surface area contributed by atoms with Gasteiger partial charge >= 0.3 is 0 Å². The first-order valence-corrected chi connectivity index (χ1v) is 6.01. The van der Waals surface area contributed by atoms with E-state index in [1.807, 2.05) is 13.8 Å². The van der Waals surface area contributed by atoms with E-state index >= 15 is 0 Å². The van der Waals surface area contributed by atoms with Gasteiger partial charge in [0.05, 0.1) is 24.5 Å². The van der Waals surface area contributed by atoms with Crippen molar-refractivity contribution in [2.75, 3.05) is 19.8 Å². The van der Waals surface area contributed by atoms with Crippen LogP contribution in [0.1, 0.15) is 24.2 Å². The van der Waals surface area contributed by atoms with Gasteiger partial charge in [0.25, 0.3) is 5.91 Å². The highest BCUT2D eigenvalue weighted by atomic mass is 16.5. The van der Waals surface area contributed by atoms with Crippen molar-refractivity contribution in [2.24, 2.45) is 13.0 Å². The molecule has 1 unspecified atom stereocenters. The monoisotopic (exact) mass is 255 g/mol. The quantitative estimate of drug-likeness (QED) is 0.729. The summed E-state index contributed by atoms with van der Waals surface area (Å²) in [6.45, 7) is 5.08. The molecule has 0 aliphatic carbocycles. The van der Waals surface area contributed by atoms with E-state index in [0.717, 1.165) is 0 Å². The molecule has 6 nitrogen and oxygen atoms in total. The minimum Gasteiger partial charge on any atom is -0.389 e. The maximum Gasteiger partial charge on any atom is 0.254 e. The summed E-state index contributed by atoms with van der Waals surface area (Å²) in [5.74, 6) is 0.188. The molecule has 0 aliphatic heterocycles. The van der Waals surface area contributed by atoms with Gasteiger partial charge in [0.2, 0.25) is 0 Å². The van der Waals surface area contributed by atoms with Crippen molar-refractivity contribution < 1.29 is 14.6 Å². The Kier molecular flexibility index (Phi) is 5.80. The van der Waals surface area contributed by atoms with Crippen LogP contribution in [-0.2, 0) is 11.8 Å². The highest BCUT2D eigenvalue weighted by Crippen LogP contribution is 1.97. The van der Waals surface area contributed by atoms with Crippen LogP contribution in [0.5, 0.6) is 0 Å². The molecule has 1 amide bonds. The molecule has 1 heterocycles. The number of nitrogens with one attached hydrogen (secondary N) is 1. The summed E-state index contributed by atoms with van der Waals surface area (Å²) in [5, 5.41) is 16.1. The van der Waals surface area contributed by atoms with Gasteiger partial charge in [0.1, 0.15) is 0 Å². The van der Waals surface area contributed by atoms with Crippen molar-refractivity contribution in [2.45, 2.75) is 20.0 Å². The van der Waals surface area contributed by atoms with Crippen LogP contribution in [-0.4, -0.2) is 46.7 Å². The third-order valence-electron chi connectivity index (χ3n) is 2.23. The standard InChI is InChI=1S/C12H21N3O3/c1-9(2)7-18-8-11(16)5-13-12(17)10-4-14-15(3)6-10/h4,6,9,11,16H,5,7-8H2,1-3H3,(H,13,17). The summed E-state index contributed by atoms with van der Waals surface area (Å²) in [6.07, 6.45) is 2.41. The van der Waals surface area contributed by atoms with Gasteiger partial charge in [-0.3, -0.25) is 9.48 Å². The van der Waals surface area contributed by atoms with Gasteiger partial charge in [-0.05, 0) is 5.92 Å². The van der Waals surface area contributed by atoms with E-state index < -0.39 is 6.10 Å². The zero-order valence-electron chi connectivity index (χ0n) is 11.1. The SMILES string of the molecule is CC(C)COCC(O)CNC(=O)c1cnn(C)c1. The molecule has 0 radical (unpaired) electrons. The Morgan fingerprint density at radius 3 is 2.83 bits per heavy atom. The van der Waals surface area contributed by atoms with Crippen molar-refractivity contribution in [3.63, 3.8) is 0 Å². The third-order valence-corrected chi connectivity index (χ3v) is 2.23. The predicted molar refractivity (Wildman–Crippen MR) is 67.2 cm³/mol. The van der Waals surface area contributed by atoms with Crippen LogP contribution < -0.4 is 5.32 Å². The number of aryl methyl sites for hydroxylation is 1. The minimum atomic E-state index is -0.690. The Morgan fingerprint density at radius 1 is 1.56 bits per heavy atom. The topological polar surface area (TPSA) is 76.4 Å². The maximum atomic E-state index is 11.6. The lowest BCUT2D eigenvalue weighted by Crippen LogP contribution is -2.34. The van der Waals surface area contributed by atoms with E-state index in [1.165, 1.54) is 6.20 Å². The number of hydrogen-bond donors (Lipinski definition) is 2. The summed E-state index contributed by atoms with van der Waals surface area (Å²) in [6, 6.07) is 0. The fourth-order valence-corrected chi connectivity index (χ4v) is 1.35. The first kappa shape index (κ1) is 14.7. The average Bonchev–Trinajstić information content (AvgIpc) is 2.72. The van der Waals surface area contributed by atoms with Gasteiger partial charge < -0.3 is 15.2 Å². The van der Waals surface area contributed by atoms with Crippen molar-refractivity contribution in [3.05, 3.63) is 18.0 Å². The lowest BCUT2D eigenvalue weighted by Gasteiger charge is -2.13. The molecule has 0 bridgehead atoms. The van der Waals surface area contributed by atoms with Crippen LogP contribution in [0, 0.1) is 5.92 Å². The molecule has 18 heavy (non-hydrogen) atoms. The molecule has 0 saturated heterocycles. The lowest BCUT2D eigenvalue weighted by atomic mass is 10.2. The average molecular weight is 255 g/mol. The third kappa shape index (κ3) is 5.29. The second kappa shape index (κ2) is 7.13. The Balaban J connectivity index is 2.22. The maximum absolute atomic E-state index is 11.6. The molecule has 1 rings (SSSR count). The van der Waals surface area contributed by atoms with Gasteiger partial charge in [0, 0.05) is 26.4 Å². The largest absolute Gasteiger partial charge is 0.389 e. The van der Waals surface area contributed by atoms with E-state index in [1.54, 1.807) is 17.9 Å². The molecule has 1 atom stereocenters. The number of hydrogen-bond acceptors (Lipinski definition) is 4. The van der Waals surface area contributed by atoms with Crippen LogP contribution in [0.25, 0.3) is 0 Å². The molecule has 0 aliphatic rings.